The third-order valence-electron chi connectivity index (χ3n) is 3.12. The van der Waals surface area contributed by atoms with E-state index < -0.39 is 0 Å². The highest BCUT2D eigenvalue weighted by atomic mass is 35.5. The quantitative estimate of drug-likeness (QED) is 0.750. The molecule has 5 heteroatoms. The standard InChI is InChI=1S/C13H14ClN3S/c1-9-15-12-3-2-10(8-11(12)13(14)16-9)17-4-6-18-7-5-17/h2-3,8H,4-7H2,1H3. The summed E-state index contributed by atoms with van der Waals surface area (Å²) in [5.41, 5.74) is 2.14. The van der Waals surface area contributed by atoms with E-state index in [0.29, 0.717) is 5.15 Å². The monoisotopic (exact) mass is 279 g/mol. The van der Waals surface area contributed by atoms with Crippen molar-refractivity contribution in [1.29, 1.82) is 0 Å². The van der Waals surface area contributed by atoms with E-state index in [-0.39, 0.29) is 0 Å². The predicted octanol–water partition coefficient (Wildman–Crippen LogP) is 3.14. The molecule has 0 saturated carbocycles. The average molecular weight is 280 g/mol. The highest BCUT2D eigenvalue weighted by Gasteiger charge is 2.12. The lowest BCUT2D eigenvalue weighted by molar-refractivity contribution is 0.859. The molecule has 0 radical (unpaired) electrons. The topological polar surface area (TPSA) is 29.0 Å². The van der Waals surface area contributed by atoms with Crippen LogP contribution in [-0.2, 0) is 0 Å². The molecule has 1 aliphatic rings. The van der Waals surface area contributed by atoms with Gasteiger partial charge in [0.25, 0.3) is 0 Å². The molecule has 0 N–H and O–H groups in total. The molecule has 1 aliphatic heterocycles. The number of halogens is 1. The molecule has 0 spiro atoms. The minimum Gasteiger partial charge on any atom is -0.370 e. The van der Waals surface area contributed by atoms with Gasteiger partial charge in [0, 0.05) is 35.7 Å². The normalized spacial score (nSPS) is 16.2. The first-order valence-electron chi connectivity index (χ1n) is 6.00. The maximum absolute atomic E-state index is 6.20. The van der Waals surface area contributed by atoms with Crippen molar-refractivity contribution in [3.8, 4) is 0 Å². The lowest BCUT2D eigenvalue weighted by Gasteiger charge is -2.28. The highest BCUT2D eigenvalue weighted by molar-refractivity contribution is 7.99. The Hall–Kier alpha value is -1.00. The first-order valence-corrected chi connectivity index (χ1v) is 7.54. The Labute approximate surface area is 116 Å². The molecule has 1 fully saturated rings. The fourth-order valence-electron chi connectivity index (χ4n) is 2.21. The molecule has 1 aromatic carbocycles. The molecule has 1 saturated heterocycles. The Kier molecular flexibility index (Phi) is 3.31. The number of thioether (sulfide) groups is 1. The molecule has 0 amide bonds. The van der Waals surface area contributed by atoms with E-state index in [1.807, 2.05) is 24.8 Å². The number of aromatic nitrogens is 2. The number of anilines is 1. The molecule has 2 aromatic rings. The van der Waals surface area contributed by atoms with Gasteiger partial charge in [-0.2, -0.15) is 11.8 Å². The van der Waals surface area contributed by atoms with E-state index in [1.165, 1.54) is 17.2 Å². The van der Waals surface area contributed by atoms with Gasteiger partial charge in [-0.25, -0.2) is 9.97 Å². The largest absolute Gasteiger partial charge is 0.370 e. The number of benzene rings is 1. The summed E-state index contributed by atoms with van der Waals surface area (Å²) in [4.78, 5) is 11.0. The van der Waals surface area contributed by atoms with Gasteiger partial charge in [-0.15, -0.1) is 0 Å². The van der Waals surface area contributed by atoms with Crippen LogP contribution in [0.3, 0.4) is 0 Å². The van der Waals surface area contributed by atoms with Crippen LogP contribution in [0.1, 0.15) is 5.82 Å². The van der Waals surface area contributed by atoms with Crippen LogP contribution < -0.4 is 4.90 Å². The Morgan fingerprint density at radius 2 is 2.00 bits per heavy atom. The van der Waals surface area contributed by atoms with Crippen LogP contribution >= 0.6 is 23.4 Å². The number of fused-ring (bicyclic) bond motifs is 1. The number of hydrogen-bond donors (Lipinski definition) is 0. The SMILES string of the molecule is Cc1nc(Cl)c2cc(N3CCSCC3)ccc2n1. The van der Waals surface area contributed by atoms with Gasteiger partial charge in [-0.3, -0.25) is 0 Å². The minimum absolute atomic E-state index is 0.547. The molecule has 94 valence electrons. The second kappa shape index (κ2) is 4.94. The summed E-state index contributed by atoms with van der Waals surface area (Å²) in [6.45, 7) is 4.06. The molecule has 3 nitrogen and oxygen atoms in total. The summed E-state index contributed by atoms with van der Waals surface area (Å²) in [5.74, 6) is 3.10. The molecule has 1 aromatic heterocycles. The molecular formula is C13H14ClN3S. The fraction of sp³-hybridized carbons (Fsp3) is 0.385. The van der Waals surface area contributed by atoms with Crippen molar-refractivity contribution in [2.45, 2.75) is 6.92 Å². The Morgan fingerprint density at radius 1 is 1.22 bits per heavy atom. The molecule has 0 unspecified atom stereocenters. The Balaban J connectivity index is 2.04. The van der Waals surface area contributed by atoms with E-state index in [0.717, 1.165) is 29.8 Å². The van der Waals surface area contributed by atoms with Gasteiger partial charge in [0.15, 0.2) is 0 Å². The van der Waals surface area contributed by atoms with Crippen molar-refractivity contribution in [3.63, 3.8) is 0 Å². The third kappa shape index (κ3) is 2.27. The molecule has 3 rings (SSSR count). The minimum atomic E-state index is 0.547. The molecule has 2 heterocycles. The van der Waals surface area contributed by atoms with Crippen molar-refractivity contribution in [3.05, 3.63) is 29.2 Å². The first-order chi connectivity index (χ1) is 8.74. The number of hydrogen-bond acceptors (Lipinski definition) is 4. The van der Waals surface area contributed by atoms with Crippen molar-refractivity contribution in [2.24, 2.45) is 0 Å². The van der Waals surface area contributed by atoms with Crippen LogP contribution in [0.4, 0.5) is 5.69 Å². The van der Waals surface area contributed by atoms with Crippen LogP contribution in [0.5, 0.6) is 0 Å². The van der Waals surface area contributed by atoms with E-state index >= 15 is 0 Å². The maximum atomic E-state index is 6.20. The first kappa shape index (κ1) is 12.1. The second-order valence-electron chi connectivity index (χ2n) is 4.36. The summed E-state index contributed by atoms with van der Waals surface area (Å²) in [5, 5.41) is 1.49. The van der Waals surface area contributed by atoms with Gasteiger partial charge in [0.05, 0.1) is 5.52 Å². The molecule has 18 heavy (non-hydrogen) atoms. The van der Waals surface area contributed by atoms with Crippen LogP contribution in [0.15, 0.2) is 18.2 Å². The van der Waals surface area contributed by atoms with E-state index in [4.69, 9.17) is 11.6 Å². The van der Waals surface area contributed by atoms with E-state index in [2.05, 4.69) is 27.0 Å². The van der Waals surface area contributed by atoms with Crippen LogP contribution in [0, 0.1) is 6.92 Å². The lowest BCUT2D eigenvalue weighted by Crippen LogP contribution is -2.32. The van der Waals surface area contributed by atoms with Crippen molar-refractivity contribution in [1.82, 2.24) is 9.97 Å². The third-order valence-corrected chi connectivity index (χ3v) is 4.35. The van der Waals surface area contributed by atoms with Gasteiger partial charge in [0.1, 0.15) is 11.0 Å². The lowest BCUT2D eigenvalue weighted by atomic mass is 10.2. The molecular weight excluding hydrogens is 266 g/mol. The maximum Gasteiger partial charge on any atom is 0.140 e. The smallest absolute Gasteiger partial charge is 0.140 e. The van der Waals surface area contributed by atoms with Gasteiger partial charge in [0.2, 0.25) is 0 Å². The zero-order valence-electron chi connectivity index (χ0n) is 10.2. The fourth-order valence-corrected chi connectivity index (χ4v) is 3.38. The zero-order valence-corrected chi connectivity index (χ0v) is 11.8. The van der Waals surface area contributed by atoms with Crippen molar-refractivity contribution in [2.75, 3.05) is 29.5 Å². The van der Waals surface area contributed by atoms with Crippen LogP contribution in [0.25, 0.3) is 10.9 Å². The molecule has 0 atom stereocenters. The summed E-state index contributed by atoms with van der Waals surface area (Å²) in [7, 11) is 0. The van der Waals surface area contributed by atoms with Crippen LogP contribution in [-0.4, -0.2) is 34.6 Å². The highest BCUT2D eigenvalue weighted by Crippen LogP contribution is 2.27. The van der Waals surface area contributed by atoms with E-state index in [9.17, 15) is 0 Å². The summed E-state index contributed by atoms with van der Waals surface area (Å²) in [6.07, 6.45) is 0. The second-order valence-corrected chi connectivity index (χ2v) is 5.95. The Bertz CT molecular complexity index is 582. The number of aryl methyl sites for hydroxylation is 1. The number of nitrogens with zero attached hydrogens (tertiary/aromatic N) is 3. The average Bonchev–Trinajstić information content (AvgIpc) is 2.39. The van der Waals surface area contributed by atoms with E-state index in [1.54, 1.807) is 0 Å². The van der Waals surface area contributed by atoms with Gasteiger partial charge in [-0.05, 0) is 25.1 Å². The summed E-state index contributed by atoms with van der Waals surface area (Å²) in [6, 6.07) is 6.27. The predicted molar refractivity (Wildman–Crippen MR) is 78.8 cm³/mol. The summed E-state index contributed by atoms with van der Waals surface area (Å²) >= 11 is 8.21. The van der Waals surface area contributed by atoms with Crippen LogP contribution in [0.2, 0.25) is 5.15 Å². The van der Waals surface area contributed by atoms with Crippen molar-refractivity contribution >= 4 is 40.0 Å². The zero-order chi connectivity index (χ0) is 12.5. The summed E-state index contributed by atoms with van der Waals surface area (Å²) < 4.78 is 0. The van der Waals surface area contributed by atoms with Gasteiger partial charge in [-0.1, -0.05) is 11.6 Å². The van der Waals surface area contributed by atoms with Crippen molar-refractivity contribution < 1.29 is 0 Å². The van der Waals surface area contributed by atoms with Gasteiger partial charge < -0.3 is 4.90 Å². The number of rotatable bonds is 1. The van der Waals surface area contributed by atoms with Gasteiger partial charge >= 0.3 is 0 Å². The Morgan fingerprint density at radius 3 is 2.78 bits per heavy atom. The molecule has 0 aliphatic carbocycles. The molecule has 0 bridgehead atoms.